The number of benzene rings is 2. The van der Waals surface area contributed by atoms with Gasteiger partial charge in [-0.1, -0.05) is 17.7 Å². The van der Waals surface area contributed by atoms with Crippen LogP contribution in [-0.4, -0.2) is 27.2 Å². The van der Waals surface area contributed by atoms with Gasteiger partial charge in [0.2, 0.25) is 11.8 Å². The Labute approximate surface area is 160 Å². The Morgan fingerprint density at radius 3 is 2.67 bits per heavy atom. The standard InChI is InChI=1S/C20H15ClN4O2/c1-27-19-7-3-14(11-22-19)24-20-23-10-13-8-12(2-6-18(13)25-20)16-9-15(26)4-5-17(16)21/h2-11,26H,1H3,(H,23,24,25). The van der Waals surface area contributed by atoms with Gasteiger partial charge in [-0.3, -0.25) is 0 Å². The van der Waals surface area contributed by atoms with Gasteiger partial charge in [-0.05, 0) is 42.0 Å². The van der Waals surface area contributed by atoms with E-state index in [0.717, 1.165) is 27.7 Å². The highest BCUT2D eigenvalue weighted by atomic mass is 35.5. The SMILES string of the molecule is COc1ccc(Nc2ncc3cc(-c4cc(O)ccc4Cl)ccc3n2)cn1. The van der Waals surface area contributed by atoms with Crippen molar-refractivity contribution in [1.82, 2.24) is 15.0 Å². The van der Waals surface area contributed by atoms with E-state index in [2.05, 4.69) is 20.3 Å². The van der Waals surface area contributed by atoms with E-state index >= 15 is 0 Å². The molecule has 2 aromatic carbocycles. The minimum atomic E-state index is 0.165. The van der Waals surface area contributed by atoms with Crippen molar-refractivity contribution >= 4 is 34.1 Å². The number of hydrogen-bond donors (Lipinski definition) is 2. The van der Waals surface area contributed by atoms with Crippen LogP contribution in [0.4, 0.5) is 11.6 Å². The third-order valence-electron chi connectivity index (χ3n) is 4.04. The summed E-state index contributed by atoms with van der Waals surface area (Å²) in [7, 11) is 1.57. The van der Waals surface area contributed by atoms with Crippen molar-refractivity contribution in [2.75, 3.05) is 12.4 Å². The molecule has 2 N–H and O–H groups in total. The van der Waals surface area contributed by atoms with E-state index in [-0.39, 0.29) is 5.75 Å². The first-order valence-corrected chi connectivity index (χ1v) is 8.53. The summed E-state index contributed by atoms with van der Waals surface area (Å²) in [6, 6.07) is 14.2. The van der Waals surface area contributed by atoms with Gasteiger partial charge in [0.25, 0.3) is 0 Å². The van der Waals surface area contributed by atoms with Gasteiger partial charge in [0.15, 0.2) is 0 Å². The number of phenolic OH excluding ortho intramolecular Hbond substituents is 1. The molecule has 0 spiro atoms. The first kappa shape index (κ1) is 17.1. The zero-order valence-electron chi connectivity index (χ0n) is 14.3. The highest BCUT2D eigenvalue weighted by Crippen LogP contribution is 2.32. The molecule has 2 heterocycles. The molecule has 0 aliphatic carbocycles. The van der Waals surface area contributed by atoms with Crippen molar-refractivity contribution in [3.63, 3.8) is 0 Å². The van der Waals surface area contributed by atoms with Crippen LogP contribution in [0.2, 0.25) is 5.02 Å². The summed E-state index contributed by atoms with van der Waals surface area (Å²) in [6.45, 7) is 0. The molecule has 6 nitrogen and oxygen atoms in total. The summed E-state index contributed by atoms with van der Waals surface area (Å²) in [5.74, 6) is 1.18. The van der Waals surface area contributed by atoms with Gasteiger partial charge < -0.3 is 15.2 Å². The Balaban J connectivity index is 1.64. The zero-order chi connectivity index (χ0) is 18.8. The number of aromatic nitrogens is 3. The number of nitrogens with one attached hydrogen (secondary N) is 1. The smallest absolute Gasteiger partial charge is 0.227 e. The van der Waals surface area contributed by atoms with Crippen LogP contribution in [0.25, 0.3) is 22.0 Å². The molecule has 0 radical (unpaired) electrons. The monoisotopic (exact) mass is 378 g/mol. The molecular formula is C20H15ClN4O2. The Bertz CT molecular complexity index is 1120. The quantitative estimate of drug-likeness (QED) is 0.530. The van der Waals surface area contributed by atoms with Crippen LogP contribution in [0.1, 0.15) is 0 Å². The average Bonchev–Trinajstić information content (AvgIpc) is 2.70. The maximum absolute atomic E-state index is 9.72. The van der Waals surface area contributed by atoms with Crippen molar-refractivity contribution < 1.29 is 9.84 Å². The maximum Gasteiger partial charge on any atom is 0.227 e. The van der Waals surface area contributed by atoms with Gasteiger partial charge in [-0.25, -0.2) is 15.0 Å². The number of rotatable bonds is 4. The van der Waals surface area contributed by atoms with Crippen LogP contribution < -0.4 is 10.1 Å². The number of methoxy groups -OCH3 is 1. The van der Waals surface area contributed by atoms with E-state index in [1.54, 1.807) is 43.8 Å². The number of aromatic hydroxyl groups is 1. The predicted molar refractivity (Wildman–Crippen MR) is 106 cm³/mol. The van der Waals surface area contributed by atoms with E-state index in [9.17, 15) is 5.11 Å². The topological polar surface area (TPSA) is 80.2 Å². The second-order valence-electron chi connectivity index (χ2n) is 5.85. The predicted octanol–water partition coefficient (Wildman–Crippen LogP) is 4.80. The molecule has 0 atom stereocenters. The highest BCUT2D eigenvalue weighted by molar-refractivity contribution is 6.33. The molecule has 0 aliphatic heterocycles. The third kappa shape index (κ3) is 3.61. The second-order valence-corrected chi connectivity index (χ2v) is 6.25. The van der Waals surface area contributed by atoms with E-state index in [4.69, 9.17) is 16.3 Å². The minimum Gasteiger partial charge on any atom is -0.508 e. The summed E-state index contributed by atoms with van der Waals surface area (Å²) in [5.41, 5.74) is 3.18. The molecule has 27 heavy (non-hydrogen) atoms. The van der Waals surface area contributed by atoms with Crippen molar-refractivity contribution in [2.24, 2.45) is 0 Å². The molecule has 0 saturated carbocycles. The Morgan fingerprint density at radius 2 is 1.89 bits per heavy atom. The Hall–Kier alpha value is -3.38. The number of nitrogens with zero attached hydrogens (tertiary/aromatic N) is 3. The lowest BCUT2D eigenvalue weighted by atomic mass is 10.0. The van der Waals surface area contributed by atoms with Gasteiger partial charge in [0.05, 0.1) is 24.5 Å². The third-order valence-corrected chi connectivity index (χ3v) is 4.37. The van der Waals surface area contributed by atoms with Crippen LogP contribution >= 0.6 is 11.6 Å². The van der Waals surface area contributed by atoms with Gasteiger partial charge in [0.1, 0.15) is 5.75 Å². The molecule has 2 aromatic heterocycles. The molecule has 0 bridgehead atoms. The maximum atomic E-state index is 9.72. The fourth-order valence-corrected chi connectivity index (χ4v) is 2.93. The van der Waals surface area contributed by atoms with E-state index < -0.39 is 0 Å². The Kier molecular flexibility index (Phi) is 4.48. The molecule has 7 heteroatoms. The van der Waals surface area contributed by atoms with Gasteiger partial charge in [-0.2, -0.15) is 0 Å². The minimum absolute atomic E-state index is 0.165. The fraction of sp³-hybridized carbons (Fsp3) is 0.0500. The number of hydrogen-bond acceptors (Lipinski definition) is 6. The van der Waals surface area contributed by atoms with Gasteiger partial charge in [-0.15, -0.1) is 0 Å². The van der Waals surface area contributed by atoms with Crippen LogP contribution in [0.5, 0.6) is 11.6 Å². The summed E-state index contributed by atoms with van der Waals surface area (Å²) < 4.78 is 5.05. The summed E-state index contributed by atoms with van der Waals surface area (Å²) in [4.78, 5) is 13.0. The van der Waals surface area contributed by atoms with Crippen molar-refractivity contribution in [3.8, 4) is 22.8 Å². The lowest BCUT2D eigenvalue weighted by molar-refractivity contribution is 0.398. The molecule has 4 aromatic rings. The summed E-state index contributed by atoms with van der Waals surface area (Å²) in [5, 5.41) is 14.3. The molecule has 0 amide bonds. The lowest BCUT2D eigenvalue weighted by Gasteiger charge is -2.08. The van der Waals surface area contributed by atoms with Crippen LogP contribution in [-0.2, 0) is 0 Å². The highest BCUT2D eigenvalue weighted by Gasteiger charge is 2.08. The molecule has 0 saturated heterocycles. The number of halogens is 1. The van der Waals surface area contributed by atoms with Gasteiger partial charge in [0, 0.05) is 28.2 Å². The van der Waals surface area contributed by atoms with Crippen molar-refractivity contribution in [1.29, 1.82) is 0 Å². The molecule has 0 fully saturated rings. The van der Waals surface area contributed by atoms with E-state index in [1.165, 1.54) is 0 Å². The van der Waals surface area contributed by atoms with E-state index in [1.807, 2.05) is 24.3 Å². The van der Waals surface area contributed by atoms with Crippen LogP contribution in [0, 0.1) is 0 Å². The largest absolute Gasteiger partial charge is 0.508 e. The van der Waals surface area contributed by atoms with Gasteiger partial charge >= 0.3 is 0 Å². The Morgan fingerprint density at radius 1 is 1.00 bits per heavy atom. The summed E-state index contributed by atoms with van der Waals surface area (Å²) >= 11 is 6.25. The molecule has 0 aliphatic rings. The first-order chi connectivity index (χ1) is 13.1. The molecule has 0 unspecified atom stereocenters. The van der Waals surface area contributed by atoms with Crippen molar-refractivity contribution in [3.05, 3.63) is 65.9 Å². The van der Waals surface area contributed by atoms with Crippen LogP contribution in [0.15, 0.2) is 60.9 Å². The fourth-order valence-electron chi connectivity index (χ4n) is 2.70. The lowest BCUT2D eigenvalue weighted by Crippen LogP contribution is -1.98. The van der Waals surface area contributed by atoms with Crippen molar-refractivity contribution in [2.45, 2.75) is 0 Å². The number of fused-ring (bicyclic) bond motifs is 1. The van der Waals surface area contributed by atoms with Crippen LogP contribution in [0.3, 0.4) is 0 Å². The number of anilines is 2. The zero-order valence-corrected chi connectivity index (χ0v) is 15.1. The average molecular weight is 379 g/mol. The molecule has 4 rings (SSSR count). The number of pyridine rings is 1. The molecule has 134 valence electrons. The molecular weight excluding hydrogens is 364 g/mol. The summed E-state index contributed by atoms with van der Waals surface area (Å²) in [6.07, 6.45) is 3.39. The second kappa shape index (κ2) is 7.09. The number of phenols is 1. The van der Waals surface area contributed by atoms with E-state index in [0.29, 0.717) is 16.9 Å². The normalized spacial score (nSPS) is 10.7. The number of ether oxygens (including phenoxy) is 1. The first-order valence-electron chi connectivity index (χ1n) is 8.15.